The quantitative estimate of drug-likeness (QED) is 0.838. The van der Waals surface area contributed by atoms with Gasteiger partial charge in [0, 0.05) is 18.0 Å². The fraction of sp³-hybridized carbons (Fsp3) is 0.389. The van der Waals surface area contributed by atoms with E-state index in [0.29, 0.717) is 0 Å². The molecule has 3 nitrogen and oxygen atoms in total. The summed E-state index contributed by atoms with van der Waals surface area (Å²) in [4.78, 5) is 4.19. The molecule has 0 aliphatic heterocycles. The topological polar surface area (TPSA) is 34.1 Å². The molecule has 2 aromatic rings. The molecule has 0 aliphatic carbocycles. The van der Waals surface area contributed by atoms with Gasteiger partial charge in [-0.3, -0.25) is 4.98 Å². The van der Waals surface area contributed by atoms with Crippen LogP contribution in [0.2, 0.25) is 0 Å². The molecule has 1 N–H and O–H groups in total. The number of aromatic nitrogens is 1. The van der Waals surface area contributed by atoms with E-state index in [9.17, 15) is 0 Å². The number of rotatable bonds is 7. The lowest BCUT2D eigenvalue weighted by molar-refractivity contribution is 0.311. The first-order chi connectivity index (χ1) is 10.3. The van der Waals surface area contributed by atoms with Crippen LogP contribution in [0, 0.1) is 6.92 Å². The molecule has 1 aromatic carbocycles. The second-order valence-electron chi connectivity index (χ2n) is 5.11. The highest BCUT2D eigenvalue weighted by atomic mass is 16.5. The minimum atomic E-state index is 0.131. The van der Waals surface area contributed by atoms with Gasteiger partial charge in [-0.2, -0.15) is 0 Å². The van der Waals surface area contributed by atoms with Crippen molar-refractivity contribution in [3.05, 3.63) is 59.4 Å². The monoisotopic (exact) mass is 284 g/mol. The lowest BCUT2D eigenvalue weighted by Gasteiger charge is -2.23. The second-order valence-corrected chi connectivity index (χ2v) is 5.11. The van der Waals surface area contributed by atoms with Gasteiger partial charge in [-0.05, 0) is 43.1 Å². The van der Waals surface area contributed by atoms with Crippen LogP contribution in [0.4, 0.5) is 0 Å². The number of ether oxygens (including phenoxy) is 1. The molecule has 1 atom stereocenters. The highest BCUT2D eigenvalue weighted by Gasteiger charge is 2.18. The Labute approximate surface area is 127 Å². The Morgan fingerprint density at radius 3 is 2.67 bits per heavy atom. The Kier molecular flexibility index (Phi) is 5.76. The van der Waals surface area contributed by atoms with Crippen molar-refractivity contribution in [2.45, 2.75) is 33.2 Å². The van der Waals surface area contributed by atoms with Gasteiger partial charge in [0.15, 0.2) is 0 Å². The summed E-state index contributed by atoms with van der Waals surface area (Å²) in [5.41, 5.74) is 3.62. The Hall–Kier alpha value is -1.87. The molecule has 0 radical (unpaired) electrons. The molecule has 1 unspecified atom stereocenters. The van der Waals surface area contributed by atoms with Crippen molar-refractivity contribution in [2.75, 3.05) is 13.2 Å². The average molecular weight is 284 g/mol. The Morgan fingerprint density at radius 1 is 1.14 bits per heavy atom. The minimum Gasteiger partial charge on any atom is -0.493 e. The molecule has 0 amide bonds. The van der Waals surface area contributed by atoms with Crippen LogP contribution in [0.5, 0.6) is 5.75 Å². The Bertz CT molecular complexity index is 569. The van der Waals surface area contributed by atoms with Crippen LogP contribution in [0.25, 0.3) is 0 Å². The number of para-hydroxylation sites is 1. The number of benzene rings is 1. The molecule has 0 saturated carbocycles. The van der Waals surface area contributed by atoms with Crippen molar-refractivity contribution in [1.29, 1.82) is 0 Å². The summed E-state index contributed by atoms with van der Waals surface area (Å²) in [5.74, 6) is 0.960. The van der Waals surface area contributed by atoms with E-state index in [-0.39, 0.29) is 6.04 Å². The summed E-state index contributed by atoms with van der Waals surface area (Å²) in [5, 5.41) is 3.57. The molecule has 2 rings (SSSR count). The third-order valence-electron chi connectivity index (χ3n) is 3.47. The largest absolute Gasteiger partial charge is 0.493 e. The average Bonchev–Trinajstić information content (AvgIpc) is 2.52. The molecule has 0 aliphatic rings. The molecule has 0 bridgehead atoms. The van der Waals surface area contributed by atoms with Gasteiger partial charge >= 0.3 is 0 Å². The van der Waals surface area contributed by atoms with Crippen molar-refractivity contribution in [3.8, 4) is 5.75 Å². The highest BCUT2D eigenvalue weighted by molar-refractivity contribution is 5.43. The van der Waals surface area contributed by atoms with E-state index in [1.807, 2.05) is 24.5 Å². The predicted molar refractivity (Wildman–Crippen MR) is 86.7 cm³/mol. The summed E-state index contributed by atoms with van der Waals surface area (Å²) in [6.45, 7) is 7.98. The van der Waals surface area contributed by atoms with E-state index in [2.05, 4.69) is 49.3 Å². The Morgan fingerprint density at radius 2 is 1.95 bits per heavy atom. The predicted octanol–water partition coefficient (Wildman–Crippen LogP) is 3.88. The van der Waals surface area contributed by atoms with E-state index in [1.165, 1.54) is 16.7 Å². The zero-order chi connectivity index (χ0) is 15.1. The molecular weight excluding hydrogens is 260 g/mol. The van der Waals surface area contributed by atoms with Crippen molar-refractivity contribution in [2.24, 2.45) is 0 Å². The standard InChI is InChI=1S/C18H24N2O/c1-4-12-21-17-9-7-6-8-16(17)18(20-5-2)15-10-11-19-13-14(15)3/h6-11,13,18,20H,4-5,12H2,1-3H3. The molecule has 21 heavy (non-hydrogen) atoms. The number of pyridine rings is 1. The highest BCUT2D eigenvalue weighted by Crippen LogP contribution is 2.31. The summed E-state index contributed by atoms with van der Waals surface area (Å²) in [7, 11) is 0. The van der Waals surface area contributed by atoms with Gasteiger partial charge < -0.3 is 10.1 Å². The third kappa shape index (κ3) is 3.82. The third-order valence-corrected chi connectivity index (χ3v) is 3.47. The van der Waals surface area contributed by atoms with Crippen LogP contribution in [0.15, 0.2) is 42.7 Å². The fourth-order valence-electron chi connectivity index (χ4n) is 2.46. The van der Waals surface area contributed by atoms with Gasteiger partial charge in [-0.15, -0.1) is 0 Å². The number of nitrogens with zero attached hydrogens (tertiary/aromatic N) is 1. The van der Waals surface area contributed by atoms with Crippen LogP contribution in [0.1, 0.15) is 43.0 Å². The zero-order valence-electron chi connectivity index (χ0n) is 13.1. The first-order valence-electron chi connectivity index (χ1n) is 7.63. The van der Waals surface area contributed by atoms with E-state index in [0.717, 1.165) is 25.3 Å². The molecular formula is C18H24N2O. The van der Waals surface area contributed by atoms with Gasteiger partial charge in [-0.25, -0.2) is 0 Å². The lowest BCUT2D eigenvalue weighted by atomic mass is 9.95. The number of nitrogens with one attached hydrogen (secondary N) is 1. The molecule has 0 saturated heterocycles. The summed E-state index contributed by atoms with van der Waals surface area (Å²) < 4.78 is 5.92. The minimum absolute atomic E-state index is 0.131. The van der Waals surface area contributed by atoms with E-state index in [1.54, 1.807) is 0 Å². The molecule has 0 spiro atoms. The summed E-state index contributed by atoms with van der Waals surface area (Å²) in [6.07, 6.45) is 4.77. The van der Waals surface area contributed by atoms with E-state index in [4.69, 9.17) is 4.74 Å². The van der Waals surface area contributed by atoms with Gasteiger partial charge in [0.05, 0.1) is 12.6 Å². The molecule has 1 aromatic heterocycles. The maximum absolute atomic E-state index is 5.92. The molecule has 1 heterocycles. The maximum atomic E-state index is 5.92. The summed E-state index contributed by atoms with van der Waals surface area (Å²) in [6, 6.07) is 10.5. The first-order valence-corrected chi connectivity index (χ1v) is 7.63. The van der Waals surface area contributed by atoms with Crippen LogP contribution in [0.3, 0.4) is 0 Å². The molecule has 112 valence electrons. The maximum Gasteiger partial charge on any atom is 0.124 e. The zero-order valence-corrected chi connectivity index (χ0v) is 13.1. The van der Waals surface area contributed by atoms with Crippen LogP contribution in [-0.4, -0.2) is 18.1 Å². The van der Waals surface area contributed by atoms with Crippen LogP contribution >= 0.6 is 0 Å². The smallest absolute Gasteiger partial charge is 0.124 e. The Balaban J connectivity index is 2.41. The normalized spacial score (nSPS) is 12.1. The van der Waals surface area contributed by atoms with E-state index < -0.39 is 0 Å². The van der Waals surface area contributed by atoms with Gasteiger partial charge in [0.25, 0.3) is 0 Å². The lowest BCUT2D eigenvalue weighted by Crippen LogP contribution is -2.23. The van der Waals surface area contributed by atoms with Crippen molar-refractivity contribution >= 4 is 0 Å². The van der Waals surface area contributed by atoms with Gasteiger partial charge in [-0.1, -0.05) is 32.0 Å². The van der Waals surface area contributed by atoms with E-state index >= 15 is 0 Å². The molecule has 0 fully saturated rings. The fourth-order valence-corrected chi connectivity index (χ4v) is 2.46. The second kappa shape index (κ2) is 7.79. The van der Waals surface area contributed by atoms with Crippen molar-refractivity contribution in [3.63, 3.8) is 0 Å². The molecule has 3 heteroatoms. The SMILES string of the molecule is CCCOc1ccccc1C(NCC)c1ccncc1C. The number of hydrogen-bond acceptors (Lipinski definition) is 3. The summed E-state index contributed by atoms with van der Waals surface area (Å²) >= 11 is 0. The van der Waals surface area contributed by atoms with Crippen LogP contribution in [-0.2, 0) is 0 Å². The van der Waals surface area contributed by atoms with Crippen LogP contribution < -0.4 is 10.1 Å². The van der Waals surface area contributed by atoms with Gasteiger partial charge in [0.2, 0.25) is 0 Å². The number of hydrogen-bond donors (Lipinski definition) is 1. The van der Waals surface area contributed by atoms with Crippen molar-refractivity contribution < 1.29 is 4.74 Å². The number of aryl methyl sites for hydroxylation is 1. The van der Waals surface area contributed by atoms with Gasteiger partial charge in [0.1, 0.15) is 5.75 Å². The van der Waals surface area contributed by atoms with Crippen molar-refractivity contribution in [1.82, 2.24) is 10.3 Å². The first kappa shape index (κ1) is 15.5.